The highest BCUT2D eigenvalue weighted by molar-refractivity contribution is 6.24. The van der Waals surface area contributed by atoms with Gasteiger partial charge in [-0.1, -0.05) is 36.4 Å². The fraction of sp³-hybridized carbons (Fsp3) is 0.0952. The number of nitriles is 1. The Labute approximate surface area is 153 Å². The van der Waals surface area contributed by atoms with E-state index in [1.165, 1.54) is 6.07 Å². The summed E-state index contributed by atoms with van der Waals surface area (Å²) in [6.07, 6.45) is 0. The summed E-state index contributed by atoms with van der Waals surface area (Å²) in [5.41, 5.74) is 4.53. The molecule has 3 aromatic rings. The number of ketones is 1. The van der Waals surface area contributed by atoms with Gasteiger partial charge in [0, 0.05) is 11.6 Å². The molecule has 2 aliphatic rings. The third kappa shape index (κ3) is 1.64. The zero-order chi connectivity index (χ0) is 18.9. The highest BCUT2D eigenvalue weighted by Gasteiger charge is 2.58. The molecule has 1 aliphatic carbocycles. The van der Waals surface area contributed by atoms with Crippen LogP contribution in [0.1, 0.15) is 27.2 Å². The first-order valence-corrected chi connectivity index (χ1v) is 8.30. The molecule has 2 heterocycles. The van der Waals surface area contributed by atoms with Crippen molar-refractivity contribution < 1.29 is 13.9 Å². The molecule has 0 saturated carbocycles. The lowest BCUT2D eigenvalue weighted by molar-refractivity contribution is 0.0933. The molecule has 1 aliphatic heterocycles. The van der Waals surface area contributed by atoms with Crippen LogP contribution in [0.25, 0.3) is 10.8 Å². The number of benzene rings is 2. The van der Waals surface area contributed by atoms with Crippen molar-refractivity contribution in [3.63, 3.8) is 0 Å². The van der Waals surface area contributed by atoms with Crippen molar-refractivity contribution in [1.82, 2.24) is 0 Å². The molecule has 6 heteroatoms. The number of fused-ring (bicyclic) bond motifs is 3. The fourth-order valence-electron chi connectivity index (χ4n) is 4.28. The molecule has 0 radical (unpaired) electrons. The van der Waals surface area contributed by atoms with E-state index in [1.807, 2.05) is 18.2 Å². The van der Waals surface area contributed by atoms with Gasteiger partial charge in [-0.25, -0.2) is 4.79 Å². The van der Waals surface area contributed by atoms with E-state index in [2.05, 4.69) is 0 Å². The van der Waals surface area contributed by atoms with Gasteiger partial charge in [0.05, 0.1) is 0 Å². The summed E-state index contributed by atoms with van der Waals surface area (Å²) in [6.45, 7) is 1.60. The fourth-order valence-corrected chi connectivity index (χ4v) is 4.28. The lowest BCUT2D eigenvalue weighted by Gasteiger charge is -2.33. The van der Waals surface area contributed by atoms with Gasteiger partial charge >= 0.3 is 5.63 Å². The van der Waals surface area contributed by atoms with Gasteiger partial charge in [0.2, 0.25) is 5.88 Å². The van der Waals surface area contributed by atoms with Crippen LogP contribution in [0.5, 0.6) is 5.75 Å². The minimum absolute atomic E-state index is 0.00690. The van der Waals surface area contributed by atoms with E-state index in [4.69, 9.17) is 14.9 Å². The summed E-state index contributed by atoms with van der Waals surface area (Å²) in [5, 5.41) is 11.4. The smallest absolute Gasteiger partial charge is 0.344 e. The van der Waals surface area contributed by atoms with Gasteiger partial charge in [-0.2, -0.15) is 5.26 Å². The first-order valence-electron chi connectivity index (χ1n) is 8.30. The first-order chi connectivity index (χ1) is 13.0. The lowest BCUT2D eigenvalue weighted by atomic mass is 9.68. The molecule has 0 fully saturated rings. The summed E-state index contributed by atoms with van der Waals surface area (Å²) in [6, 6.07) is 14.3. The SMILES string of the molecule is Cc1cc2c(c(=O)o1)C1(C(=O)c3cccc4cccc1c34)C(C#N)=C(N)O2. The van der Waals surface area contributed by atoms with Crippen molar-refractivity contribution in [2.24, 2.45) is 5.73 Å². The summed E-state index contributed by atoms with van der Waals surface area (Å²) in [5.74, 6) is -0.107. The van der Waals surface area contributed by atoms with E-state index in [0.717, 1.165) is 5.39 Å². The molecule has 130 valence electrons. The maximum atomic E-state index is 13.7. The van der Waals surface area contributed by atoms with E-state index in [9.17, 15) is 14.9 Å². The number of aryl methyl sites for hydroxylation is 1. The van der Waals surface area contributed by atoms with Gasteiger partial charge in [-0.3, -0.25) is 4.79 Å². The molecular weight excluding hydrogens is 344 g/mol. The molecule has 0 bridgehead atoms. The predicted molar refractivity (Wildman–Crippen MR) is 96.2 cm³/mol. The third-order valence-corrected chi connectivity index (χ3v) is 5.26. The first kappa shape index (κ1) is 15.4. The van der Waals surface area contributed by atoms with Crippen molar-refractivity contribution in [2.45, 2.75) is 12.3 Å². The van der Waals surface area contributed by atoms with Gasteiger partial charge in [0.15, 0.2) is 5.78 Å². The van der Waals surface area contributed by atoms with Gasteiger partial charge in [0.1, 0.15) is 34.1 Å². The Hall–Kier alpha value is -3.85. The predicted octanol–water partition coefficient (Wildman–Crippen LogP) is 2.67. The van der Waals surface area contributed by atoms with Crippen LogP contribution in [0.3, 0.4) is 0 Å². The number of allylic oxidation sites excluding steroid dienone is 1. The van der Waals surface area contributed by atoms with Crippen LogP contribution in [0, 0.1) is 18.3 Å². The second kappa shape index (κ2) is 4.86. The van der Waals surface area contributed by atoms with E-state index in [1.54, 1.807) is 31.2 Å². The van der Waals surface area contributed by atoms with Crippen LogP contribution in [0.4, 0.5) is 0 Å². The van der Waals surface area contributed by atoms with Gasteiger partial charge in [-0.05, 0) is 23.3 Å². The number of hydrogen-bond donors (Lipinski definition) is 1. The van der Waals surface area contributed by atoms with E-state index in [0.29, 0.717) is 22.3 Å². The normalized spacial score (nSPS) is 19.9. The van der Waals surface area contributed by atoms with Crippen LogP contribution >= 0.6 is 0 Å². The van der Waals surface area contributed by atoms with Crippen molar-refractivity contribution in [2.75, 3.05) is 0 Å². The molecule has 0 amide bonds. The minimum Gasteiger partial charge on any atom is -0.440 e. The van der Waals surface area contributed by atoms with Crippen molar-refractivity contribution in [3.05, 3.63) is 86.8 Å². The zero-order valence-electron chi connectivity index (χ0n) is 14.2. The molecule has 1 aromatic heterocycles. The van der Waals surface area contributed by atoms with Crippen molar-refractivity contribution >= 4 is 16.6 Å². The number of carbonyl (C=O) groups is 1. The number of rotatable bonds is 0. The van der Waals surface area contributed by atoms with Crippen molar-refractivity contribution in [3.8, 4) is 11.8 Å². The number of Topliss-reactive ketones (excluding diaryl/α,β-unsaturated/α-hetero) is 1. The van der Waals surface area contributed by atoms with Gasteiger partial charge < -0.3 is 14.9 Å². The molecule has 2 N–H and O–H groups in total. The molecule has 27 heavy (non-hydrogen) atoms. The Balaban J connectivity index is 2.05. The number of nitrogens with two attached hydrogens (primary N) is 1. The standard InChI is InChI=1S/C21H12N2O4/c1-10-8-15-17(20(25)26-10)21(14(9-22)19(23)27-15)13-7-3-5-11-4-2-6-12(16(11)13)18(21)24/h2-8H,23H2,1H3. The highest BCUT2D eigenvalue weighted by atomic mass is 16.5. The summed E-state index contributed by atoms with van der Waals surface area (Å²) in [4.78, 5) is 26.6. The maximum Gasteiger partial charge on any atom is 0.344 e. The Kier molecular flexibility index (Phi) is 2.77. The van der Waals surface area contributed by atoms with Crippen LogP contribution in [0.2, 0.25) is 0 Å². The Morgan fingerprint density at radius 1 is 1.15 bits per heavy atom. The summed E-state index contributed by atoms with van der Waals surface area (Å²) >= 11 is 0. The molecular formula is C21H12N2O4. The molecule has 6 nitrogen and oxygen atoms in total. The summed E-state index contributed by atoms with van der Waals surface area (Å²) < 4.78 is 10.8. The summed E-state index contributed by atoms with van der Waals surface area (Å²) in [7, 11) is 0. The van der Waals surface area contributed by atoms with Crippen LogP contribution in [-0.2, 0) is 5.41 Å². The minimum atomic E-state index is -1.66. The molecule has 1 atom stereocenters. The third-order valence-electron chi connectivity index (χ3n) is 5.26. The van der Waals surface area contributed by atoms with Crippen LogP contribution in [-0.4, -0.2) is 5.78 Å². The number of hydrogen-bond acceptors (Lipinski definition) is 6. The largest absolute Gasteiger partial charge is 0.440 e. The Morgan fingerprint density at radius 3 is 2.63 bits per heavy atom. The molecule has 1 spiro atoms. The van der Waals surface area contributed by atoms with Crippen LogP contribution < -0.4 is 16.1 Å². The van der Waals surface area contributed by atoms with E-state index >= 15 is 0 Å². The molecule has 0 saturated heterocycles. The molecule has 1 unspecified atom stereocenters. The second-order valence-corrected chi connectivity index (χ2v) is 6.63. The van der Waals surface area contributed by atoms with Crippen LogP contribution in [0.15, 0.2) is 63.1 Å². The quantitative estimate of drug-likeness (QED) is 0.664. The lowest BCUT2D eigenvalue weighted by Crippen LogP contribution is -2.44. The Bertz CT molecular complexity index is 1320. The van der Waals surface area contributed by atoms with Gasteiger partial charge in [-0.15, -0.1) is 0 Å². The van der Waals surface area contributed by atoms with Gasteiger partial charge in [0.25, 0.3) is 0 Å². The zero-order valence-corrected chi connectivity index (χ0v) is 14.2. The maximum absolute atomic E-state index is 13.7. The van der Waals surface area contributed by atoms with Crippen molar-refractivity contribution in [1.29, 1.82) is 5.26 Å². The average molecular weight is 356 g/mol. The molecule has 5 rings (SSSR count). The monoisotopic (exact) mass is 356 g/mol. The highest BCUT2D eigenvalue weighted by Crippen LogP contribution is 2.54. The second-order valence-electron chi connectivity index (χ2n) is 6.63. The number of ether oxygens (including phenoxy) is 1. The van der Waals surface area contributed by atoms with E-state index in [-0.39, 0.29) is 28.6 Å². The Morgan fingerprint density at radius 2 is 1.89 bits per heavy atom. The number of carbonyl (C=O) groups excluding carboxylic acids is 1. The number of nitrogens with zero attached hydrogens (tertiary/aromatic N) is 1. The molecule has 2 aromatic carbocycles. The topological polar surface area (TPSA) is 106 Å². The average Bonchev–Trinajstić information content (AvgIpc) is 2.87. The van der Waals surface area contributed by atoms with E-state index < -0.39 is 11.0 Å².